The minimum atomic E-state index is 0.868. The summed E-state index contributed by atoms with van der Waals surface area (Å²) in [7, 11) is 0. The Labute approximate surface area is 117 Å². The lowest BCUT2D eigenvalue weighted by Crippen LogP contribution is -2.09. The molecule has 0 aromatic heterocycles. The lowest BCUT2D eigenvalue weighted by atomic mass is 9.84. The molecule has 0 aliphatic carbocycles. The van der Waals surface area contributed by atoms with Gasteiger partial charge in [0, 0.05) is 0 Å². The fraction of sp³-hybridized carbons (Fsp3) is 1.00. The Morgan fingerprint density at radius 2 is 1.28 bits per heavy atom. The van der Waals surface area contributed by atoms with E-state index in [1.807, 2.05) is 0 Å². The van der Waals surface area contributed by atoms with Crippen molar-refractivity contribution in [3.05, 3.63) is 0 Å². The highest BCUT2D eigenvalue weighted by Gasteiger charge is 2.13. The predicted molar refractivity (Wildman–Crippen MR) is 85.0 cm³/mol. The molecule has 0 fully saturated rings. The van der Waals surface area contributed by atoms with Gasteiger partial charge in [-0.2, -0.15) is 0 Å². The van der Waals surface area contributed by atoms with E-state index in [1.54, 1.807) is 0 Å². The molecule has 18 heavy (non-hydrogen) atoms. The predicted octanol–water partition coefficient (Wildman–Crippen LogP) is 6.84. The van der Waals surface area contributed by atoms with Gasteiger partial charge in [-0.3, -0.25) is 0 Å². The van der Waals surface area contributed by atoms with Crippen molar-refractivity contribution in [2.75, 3.05) is 0 Å². The molecule has 110 valence electrons. The van der Waals surface area contributed by atoms with E-state index in [0.29, 0.717) is 0 Å². The molecule has 0 nitrogen and oxygen atoms in total. The van der Waals surface area contributed by atoms with Crippen LogP contribution in [0, 0.1) is 17.8 Å². The largest absolute Gasteiger partial charge is 0.0654 e. The Morgan fingerprint density at radius 1 is 0.667 bits per heavy atom. The summed E-state index contributed by atoms with van der Waals surface area (Å²) in [6, 6.07) is 0. The zero-order valence-electron chi connectivity index (χ0n) is 13.8. The third-order valence-electron chi connectivity index (χ3n) is 4.04. The van der Waals surface area contributed by atoms with Crippen molar-refractivity contribution >= 4 is 0 Å². The molecule has 0 saturated heterocycles. The molecular formula is C18H38. The molecule has 0 heteroatoms. The quantitative estimate of drug-likeness (QED) is 0.335. The first-order chi connectivity index (χ1) is 8.60. The Bertz CT molecular complexity index is 159. The highest BCUT2D eigenvalue weighted by atomic mass is 14.2. The maximum absolute atomic E-state index is 2.46. The molecule has 0 radical (unpaired) electrons. The van der Waals surface area contributed by atoms with Crippen LogP contribution in [-0.2, 0) is 0 Å². The highest BCUT2D eigenvalue weighted by molar-refractivity contribution is 4.66. The smallest absolute Gasteiger partial charge is 0.0412 e. The highest BCUT2D eigenvalue weighted by Crippen LogP contribution is 2.27. The van der Waals surface area contributed by atoms with Gasteiger partial charge in [0.05, 0.1) is 0 Å². The molecule has 0 aliphatic rings. The lowest BCUT2D eigenvalue weighted by molar-refractivity contribution is 0.302. The van der Waals surface area contributed by atoms with Crippen molar-refractivity contribution in [2.45, 2.75) is 98.8 Å². The van der Waals surface area contributed by atoms with Crippen LogP contribution in [0.25, 0.3) is 0 Å². The van der Waals surface area contributed by atoms with Crippen molar-refractivity contribution in [3.8, 4) is 0 Å². The maximum atomic E-state index is 2.46. The van der Waals surface area contributed by atoms with Gasteiger partial charge >= 0.3 is 0 Å². The van der Waals surface area contributed by atoms with E-state index in [4.69, 9.17) is 0 Å². The molecule has 0 N–H and O–H groups in total. The van der Waals surface area contributed by atoms with Gasteiger partial charge in [0.15, 0.2) is 0 Å². The van der Waals surface area contributed by atoms with Crippen LogP contribution in [0.2, 0.25) is 0 Å². The van der Waals surface area contributed by atoms with Crippen LogP contribution >= 0.6 is 0 Å². The second-order valence-electron chi connectivity index (χ2n) is 6.83. The van der Waals surface area contributed by atoms with E-state index in [1.165, 1.54) is 64.2 Å². The minimum absolute atomic E-state index is 0.868. The summed E-state index contributed by atoms with van der Waals surface area (Å²) < 4.78 is 0. The lowest BCUT2D eigenvalue weighted by Gasteiger charge is -2.22. The fourth-order valence-corrected chi connectivity index (χ4v) is 3.20. The Hall–Kier alpha value is 0. The fourth-order valence-electron chi connectivity index (χ4n) is 3.20. The summed E-state index contributed by atoms with van der Waals surface area (Å²) in [5.41, 5.74) is 0. The first-order valence-electron chi connectivity index (χ1n) is 8.60. The monoisotopic (exact) mass is 254 g/mol. The summed E-state index contributed by atoms with van der Waals surface area (Å²) in [5.74, 6) is 2.81. The van der Waals surface area contributed by atoms with E-state index in [-0.39, 0.29) is 0 Å². The first kappa shape index (κ1) is 18.0. The average molecular weight is 255 g/mol. The standard InChI is InChI=1S/C18H38/c1-6-8-10-11-13-18(12-9-7-2)15-17(5)14-16(3)4/h16-18H,6-15H2,1-5H3. The van der Waals surface area contributed by atoms with Crippen molar-refractivity contribution in [2.24, 2.45) is 17.8 Å². The van der Waals surface area contributed by atoms with E-state index in [0.717, 1.165) is 17.8 Å². The van der Waals surface area contributed by atoms with Gasteiger partial charge in [0.25, 0.3) is 0 Å². The van der Waals surface area contributed by atoms with Gasteiger partial charge in [-0.25, -0.2) is 0 Å². The van der Waals surface area contributed by atoms with Crippen LogP contribution in [-0.4, -0.2) is 0 Å². The van der Waals surface area contributed by atoms with Crippen LogP contribution in [0.15, 0.2) is 0 Å². The van der Waals surface area contributed by atoms with Gasteiger partial charge in [-0.1, -0.05) is 86.0 Å². The SMILES string of the molecule is CCCCCCC(CCCC)CC(C)CC(C)C. The topological polar surface area (TPSA) is 0 Å². The molecule has 0 aromatic carbocycles. The number of rotatable bonds is 12. The zero-order valence-corrected chi connectivity index (χ0v) is 13.8. The second kappa shape index (κ2) is 12.1. The number of unbranched alkanes of at least 4 members (excludes halogenated alkanes) is 4. The molecule has 0 rings (SSSR count). The molecule has 0 aliphatic heterocycles. The molecule has 0 saturated carbocycles. The summed E-state index contributed by atoms with van der Waals surface area (Å²) in [4.78, 5) is 0. The molecule has 2 atom stereocenters. The first-order valence-corrected chi connectivity index (χ1v) is 8.60. The summed E-state index contributed by atoms with van der Waals surface area (Å²) in [6.07, 6.45) is 14.4. The van der Waals surface area contributed by atoms with E-state index in [2.05, 4.69) is 34.6 Å². The van der Waals surface area contributed by atoms with Crippen LogP contribution < -0.4 is 0 Å². The molecule has 0 aromatic rings. The van der Waals surface area contributed by atoms with Crippen molar-refractivity contribution < 1.29 is 0 Å². The van der Waals surface area contributed by atoms with Crippen LogP contribution in [0.5, 0.6) is 0 Å². The van der Waals surface area contributed by atoms with Crippen molar-refractivity contribution in [3.63, 3.8) is 0 Å². The van der Waals surface area contributed by atoms with Crippen LogP contribution in [0.1, 0.15) is 98.8 Å². The van der Waals surface area contributed by atoms with E-state index < -0.39 is 0 Å². The molecule has 0 bridgehead atoms. The Morgan fingerprint density at radius 3 is 1.83 bits per heavy atom. The zero-order chi connectivity index (χ0) is 13.8. The Balaban J connectivity index is 3.89. The van der Waals surface area contributed by atoms with Gasteiger partial charge in [-0.05, 0) is 30.6 Å². The third kappa shape index (κ3) is 11.1. The summed E-state index contributed by atoms with van der Waals surface area (Å²) in [5, 5.41) is 0. The minimum Gasteiger partial charge on any atom is -0.0654 e. The van der Waals surface area contributed by atoms with Gasteiger partial charge in [0.1, 0.15) is 0 Å². The van der Waals surface area contributed by atoms with E-state index in [9.17, 15) is 0 Å². The number of hydrogen-bond donors (Lipinski definition) is 0. The normalized spacial score (nSPS) is 15.0. The molecule has 0 spiro atoms. The summed E-state index contributed by atoms with van der Waals surface area (Å²) >= 11 is 0. The van der Waals surface area contributed by atoms with Gasteiger partial charge in [-0.15, -0.1) is 0 Å². The molecule has 0 amide bonds. The molecular weight excluding hydrogens is 216 g/mol. The second-order valence-corrected chi connectivity index (χ2v) is 6.83. The van der Waals surface area contributed by atoms with Gasteiger partial charge < -0.3 is 0 Å². The third-order valence-corrected chi connectivity index (χ3v) is 4.04. The Kier molecular flexibility index (Phi) is 12.1. The van der Waals surface area contributed by atoms with E-state index >= 15 is 0 Å². The maximum Gasteiger partial charge on any atom is -0.0412 e. The van der Waals surface area contributed by atoms with Crippen molar-refractivity contribution in [1.82, 2.24) is 0 Å². The average Bonchev–Trinajstić information content (AvgIpc) is 2.30. The van der Waals surface area contributed by atoms with Crippen molar-refractivity contribution in [1.29, 1.82) is 0 Å². The van der Waals surface area contributed by atoms with Gasteiger partial charge in [0.2, 0.25) is 0 Å². The van der Waals surface area contributed by atoms with Crippen LogP contribution in [0.3, 0.4) is 0 Å². The molecule has 0 heterocycles. The van der Waals surface area contributed by atoms with Crippen LogP contribution in [0.4, 0.5) is 0 Å². The molecule has 2 unspecified atom stereocenters. The summed E-state index contributed by atoms with van der Waals surface area (Å²) in [6.45, 7) is 11.8. The number of hydrogen-bond acceptors (Lipinski definition) is 0.